The van der Waals surface area contributed by atoms with Crippen LogP contribution in [-0.4, -0.2) is 56.1 Å². The maximum atomic E-state index is 14.7. The monoisotopic (exact) mass is 466 g/mol. The van der Waals surface area contributed by atoms with E-state index in [0.717, 1.165) is 6.07 Å². The van der Waals surface area contributed by atoms with Gasteiger partial charge in [0.1, 0.15) is 11.6 Å². The van der Waals surface area contributed by atoms with Gasteiger partial charge in [0.2, 0.25) is 5.76 Å². The molecule has 0 spiro atoms. The van der Waals surface area contributed by atoms with Crippen molar-refractivity contribution in [2.24, 2.45) is 5.92 Å². The molecule has 1 amide bonds. The van der Waals surface area contributed by atoms with Crippen LogP contribution in [0.2, 0.25) is 19.6 Å². The molecule has 32 heavy (non-hydrogen) atoms. The standard InChI is InChI=1S/C22H28F2N2O5Si/c1-26(22(29)18-12-19(28)25-31-18)20(14-5-7-30-8-6-14)17(27)11-13-9-15(23)21(16(24)10-13)32(2,3)4/h9-10,12,14,20H,5-8,11H2,1-4H3,(H,25,28). The molecule has 1 saturated heterocycles. The molecule has 10 heteroatoms. The summed E-state index contributed by atoms with van der Waals surface area (Å²) in [5, 5.41) is 2.16. The van der Waals surface area contributed by atoms with Crippen molar-refractivity contribution in [3.8, 4) is 0 Å². The first-order chi connectivity index (χ1) is 15.0. The molecule has 0 saturated carbocycles. The van der Waals surface area contributed by atoms with Crippen molar-refractivity contribution in [1.29, 1.82) is 0 Å². The molecule has 0 radical (unpaired) electrons. The second-order valence-electron chi connectivity index (χ2n) is 9.22. The normalized spacial score (nSPS) is 16.1. The molecule has 1 aromatic heterocycles. The lowest BCUT2D eigenvalue weighted by Crippen LogP contribution is -2.49. The molecule has 1 aliphatic rings. The Morgan fingerprint density at radius 2 is 1.75 bits per heavy atom. The lowest BCUT2D eigenvalue weighted by atomic mass is 9.86. The predicted octanol–water partition coefficient (Wildman–Crippen LogP) is 2.47. The Morgan fingerprint density at radius 3 is 2.25 bits per heavy atom. The number of amides is 1. The van der Waals surface area contributed by atoms with Gasteiger partial charge < -0.3 is 14.2 Å². The highest BCUT2D eigenvalue weighted by Crippen LogP contribution is 2.25. The number of nitrogens with one attached hydrogen (secondary N) is 1. The van der Waals surface area contributed by atoms with Crippen LogP contribution < -0.4 is 10.7 Å². The maximum absolute atomic E-state index is 14.7. The number of rotatable bonds is 7. The number of aromatic amines is 1. The van der Waals surface area contributed by atoms with E-state index < -0.39 is 37.2 Å². The van der Waals surface area contributed by atoms with Crippen molar-refractivity contribution in [3.63, 3.8) is 0 Å². The molecule has 1 aliphatic heterocycles. The van der Waals surface area contributed by atoms with Gasteiger partial charge in [0.15, 0.2) is 5.78 Å². The number of Topliss-reactive ketones (excluding diaryl/α,β-unsaturated/α-hetero) is 1. The highest BCUT2D eigenvalue weighted by molar-refractivity contribution is 6.88. The molecule has 0 bridgehead atoms. The summed E-state index contributed by atoms with van der Waals surface area (Å²) in [6.45, 7) is 6.44. The lowest BCUT2D eigenvalue weighted by Gasteiger charge is -2.35. The molecule has 2 heterocycles. The van der Waals surface area contributed by atoms with Gasteiger partial charge in [-0.2, -0.15) is 5.16 Å². The van der Waals surface area contributed by atoms with Gasteiger partial charge in [-0.3, -0.25) is 14.4 Å². The number of aromatic nitrogens is 1. The van der Waals surface area contributed by atoms with E-state index >= 15 is 0 Å². The van der Waals surface area contributed by atoms with E-state index in [1.54, 1.807) is 0 Å². The van der Waals surface area contributed by atoms with Crippen LogP contribution in [0.5, 0.6) is 0 Å². The number of hydrogen-bond donors (Lipinski definition) is 1. The first-order valence-corrected chi connectivity index (χ1v) is 14.0. The number of ether oxygens (including phenoxy) is 1. The van der Waals surface area contributed by atoms with E-state index in [0.29, 0.717) is 26.1 Å². The zero-order chi connectivity index (χ0) is 23.6. The Kier molecular flexibility index (Phi) is 7.14. The molecular weight excluding hydrogens is 438 g/mol. The molecular formula is C22H28F2N2O5Si. The Morgan fingerprint density at radius 1 is 1.16 bits per heavy atom. The Labute approximate surface area is 185 Å². The second kappa shape index (κ2) is 9.49. The summed E-state index contributed by atoms with van der Waals surface area (Å²) >= 11 is 0. The van der Waals surface area contributed by atoms with Gasteiger partial charge >= 0.3 is 0 Å². The summed E-state index contributed by atoms with van der Waals surface area (Å²) < 4.78 is 39.6. The van der Waals surface area contributed by atoms with Gasteiger partial charge in [-0.1, -0.05) is 19.6 Å². The van der Waals surface area contributed by atoms with Gasteiger partial charge in [0.25, 0.3) is 11.5 Å². The number of halogens is 2. The average Bonchev–Trinajstić information content (AvgIpc) is 3.13. The summed E-state index contributed by atoms with van der Waals surface area (Å²) in [5.41, 5.74) is -0.345. The van der Waals surface area contributed by atoms with Crippen LogP contribution in [0, 0.1) is 17.6 Å². The van der Waals surface area contributed by atoms with E-state index in [4.69, 9.17) is 9.26 Å². The van der Waals surface area contributed by atoms with Crippen molar-refractivity contribution >= 4 is 25.0 Å². The quantitative estimate of drug-likeness (QED) is 0.633. The number of H-pyrrole nitrogens is 1. The van der Waals surface area contributed by atoms with Crippen LogP contribution >= 0.6 is 0 Å². The van der Waals surface area contributed by atoms with Crippen molar-refractivity contribution in [2.45, 2.75) is 44.9 Å². The number of benzene rings is 1. The number of carbonyl (C=O) groups excluding carboxylic acids is 2. The molecule has 1 unspecified atom stereocenters. The third-order valence-corrected chi connectivity index (χ3v) is 7.72. The number of hydrogen-bond acceptors (Lipinski definition) is 5. The highest BCUT2D eigenvalue weighted by Gasteiger charge is 2.37. The third-order valence-electron chi connectivity index (χ3n) is 5.74. The van der Waals surface area contributed by atoms with Crippen LogP contribution in [0.25, 0.3) is 0 Å². The Balaban J connectivity index is 1.89. The molecule has 1 atom stereocenters. The van der Waals surface area contributed by atoms with Crippen LogP contribution in [0.4, 0.5) is 8.78 Å². The largest absolute Gasteiger partial charge is 0.381 e. The fourth-order valence-electron chi connectivity index (χ4n) is 4.27. The Hall–Kier alpha value is -2.59. The van der Waals surface area contributed by atoms with Gasteiger partial charge in [-0.25, -0.2) is 8.78 Å². The average molecular weight is 467 g/mol. The minimum absolute atomic E-state index is 0.101. The van der Waals surface area contributed by atoms with Crippen LogP contribution in [0.15, 0.2) is 27.5 Å². The molecule has 2 aromatic rings. The zero-order valence-electron chi connectivity index (χ0n) is 18.7. The van der Waals surface area contributed by atoms with Gasteiger partial charge in [-0.15, -0.1) is 0 Å². The van der Waals surface area contributed by atoms with Crippen LogP contribution in [0.1, 0.15) is 29.0 Å². The van der Waals surface area contributed by atoms with Crippen LogP contribution in [0.3, 0.4) is 0 Å². The first kappa shape index (κ1) is 24.1. The lowest BCUT2D eigenvalue weighted by molar-refractivity contribution is -0.125. The Bertz CT molecular complexity index is 1030. The van der Waals surface area contributed by atoms with E-state index in [9.17, 15) is 23.2 Å². The van der Waals surface area contributed by atoms with E-state index in [2.05, 4.69) is 5.16 Å². The van der Waals surface area contributed by atoms with E-state index in [1.807, 2.05) is 19.6 Å². The smallest absolute Gasteiger partial charge is 0.292 e. The number of nitrogens with zero attached hydrogens (tertiary/aromatic N) is 1. The zero-order valence-corrected chi connectivity index (χ0v) is 19.7. The minimum Gasteiger partial charge on any atom is -0.381 e. The molecule has 174 valence electrons. The van der Waals surface area contributed by atoms with Crippen LogP contribution in [-0.2, 0) is 16.0 Å². The summed E-state index contributed by atoms with van der Waals surface area (Å²) in [6, 6.07) is 2.59. The maximum Gasteiger partial charge on any atom is 0.292 e. The fourth-order valence-corrected chi connectivity index (χ4v) is 5.84. The van der Waals surface area contributed by atoms with E-state index in [-0.39, 0.29) is 34.6 Å². The van der Waals surface area contributed by atoms with Crippen molar-refractivity contribution in [3.05, 3.63) is 51.5 Å². The second-order valence-corrected chi connectivity index (χ2v) is 14.2. The van der Waals surface area contributed by atoms with Gasteiger partial charge in [-0.05, 0) is 36.5 Å². The van der Waals surface area contributed by atoms with Gasteiger partial charge in [0, 0.05) is 31.9 Å². The minimum atomic E-state index is -2.24. The molecule has 0 aliphatic carbocycles. The molecule has 1 fully saturated rings. The third kappa shape index (κ3) is 5.24. The van der Waals surface area contributed by atoms with Crippen molar-refractivity contribution < 1.29 is 27.6 Å². The summed E-state index contributed by atoms with van der Waals surface area (Å²) in [6.07, 6.45) is 0.890. The summed E-state index contributed by atoms with van der Waals surface area (Å²) in [4.78, 5) is 38.8. The van der Waals surface area contributed by atoms with Crippen molar-refractivity contribution in [1.82, 2.24) is 10.1 Å². The molecule has 7 nitrogen and oxygen atoms in total. The number of likely N-dealkylation sites (N-methyl/N-ethyl adjacent to an activating group) is 1. The fraction of sp³-hybridized carbons (Fsp3) is 0.500. The summed E-state index contributed by atoms with van der Waals surface area (Å²) in [7, 11) is -0.782. The highest BCUT2D eigenvalue weighted by atomic mass is 28.3. The topological polar surface area (TPSA) is 92.6 Å². The van der Waals surface area contributed by atoms with Gasteiger partial charge in [0.05, 0.1) is 20.2 Å². The SMILES string of the molecule is CN(C(=O)c1cc(=O)[nH]o1)C(C(=O)Cc1cc(F)c([Si](C)(C)C)c(F)c1)C1CCOCC1. The van der Waals surface area contributed by atoms with E-state index in [1.165, 1.54) is 24.1 Å². The summed E-state index contributed by atoms with van der Waals surface area (Å²) in [5.74, 6) is -2.66. The molecule has 3 rings (SSSR count). The van der Waals surface area contributed by atoms with Crippen molar-refractivity contribution in [2.75, 3.05) is 20.3 Å². The predicted molar refractivity (Wildman–Crippen MR) is 117 cm³/mol. The molecule has 1 N–H and O–H groups in total. The number of ketones is 1. The number of carbonyl (C=O) groups is 2. The molecule has 1 aromatic carbocycles. The first-order valence-electron chi connectivity index (χ1n) is 10.5.